The quantitative estimate of drug-likeness (QED) is 0.929. The van der Waals surface area contributed by atoms with E-state index in [4.69, 9.17) is 11.6 Å². The molecule has 2 aromatic rings. The highest BCUT2D eigenvalue weighted by atomic mass is 35.5. The summed E-state index contributed by atoms with van der Waals surface area (Å²) in [5.74, 6) is 0.751. The van der Waals surface area contributed by atoms with Crippen molar-refractivity contribution in [2.75, 3.05) is 18.0 Å². The van der Waals surface area contributed by atoms with Gasteiger partial charge in [-0.3, -0.25) is 0 Å². The predicted octanol–water partition coefficient (Wildman–Crippen LogP) is 1.91. The fourth-order valence-corrected chi connectivity index (χ4v) is 3.25. The Bertz CT molecular complexity index is 753. The molecule has 1 aliphatic rings. The third kappa shape index (κ3) is 3.31. The highest BCUT2D eigenvalue weighted by Crippen LogP contribution is 2.31. The van der Waals surface area contributed by atoms with Crippen molar-refractivity contribution in [3.05, 3.63) is 40.9 Å². The summed E-state index contributed by atoms with van der Waals surface area (Å²) in [7, 11) is 1.87. The lowest BCUT2D eigenvalue weighted by Gasteiger charge is -2.40. The van der Waals surface area contributed by atoms with Crippen molar-refractivity contribution in [3.8, 4) is 6.07 Å². The number of aryl methyl sites for hydroxylation is 1. The lowest BCUT2D eigenvalue weighted by atomic mass is 9.88. The first-order valence-electron chi connectivity index (χ1n) is 7.51. The smallest absolute Gasteiger partial charge is 0.135 e. The minimum absolute atomic E-state index is 0.433. The van der Waals surface area contributed by atoms with E-state index in [9.17, 15) is 10.4 Å². The van der Waals surface area contributed by atoms with Crippen molar-refractivity contribution in [3.63, 3.8) is 0 Å². The average Bonchev–Trinajstić information content (AvgIpc) is 2.92. The Morgan fingerprint density at radius 1 is 1.48 bits per heavy atom. The summed E-state index contributed by atoms with van der Waals surface area (Å²) in [4.78, 5) is 2.03. The van der Waals surface area contributed by atoms with Gasteiger partial charge in [0.1, 0.15) is 18.2 Å². The van der Waals surface area contributed by atoms with Crippen LogP contribution in [0.1, 0.15) is 24.2 Å². The molecule has 1 aromatic carbocycles. The fourth-order valence-electron chi connectivity index (χ4n) is 3.08. The summed E-state index contributed by atoms with van der Waals surface area (Å²) in [5.41, 5.74) is 0.446. The molecule has 1 aromatic heterocycles. The Labute approximate surface area is 139 Å². The molecular weight excluding hydrogens is 314 g/mol. The van der Waals surface area contributed by atoms with Gasteiger partial charge in [-0.2, -0.15) is 5.26 Å². The average molecular weight is 332 g/mol. The van der Waals surface area contributed by atoms with E-state index in [1.165, 1.54) is 0 Å². The van der Waals surface area contributed by atoms with Crippen molar-refractivity contribution >= 4 is 17.3 Å². The fraction of sp³-hybridized carbons (Fsp3) is 0.438. The molecule has 0 bridgehead atoms. The number of anilines is 1. The van der Waals surface area contributed by atoms with Crippen molar-refractivity contribution in [2.45, 2.75) is 24.9 Å². The predicted molar refractivity (Wildman–Crippen MR) is 87.3 cm³/mol. The van der Waals surface area contributed by atoms with Crippen molar-refractivity contribution in [1.29, 1.82) is 5.26 Å². The first-order chi connectivity index (χ1) is 11.0. The number of hydrogen-bond acceptors (Lipinski definition) is 5. The zero-order chi connectivity index (χ0) is 16.4. The van der Waals surface area contributed by atoms with Crippen LogP contribution in [0.4, 0.5) is 5.69 Å². The molecule has 120 valence electrons. The topological polar surface area (TPSA) is 78.0 Å². The molecule has 1 N–H and O–H groups in total. The van der Waals surface area contributed by atoms with Crippen molar-refractivity contribution in [2.24, 2.45) is 7.05 Å². The molecule has 1 unspecified atom stereocenters. The number of benzene rings is 1. The second-order valence-electron chi connectivity index (χ2n) is 6.06. The van der Waals surface area contributed by atoms with Gasteiger partial charge >= 0.3 is 0 Å². The summed E-state index contributed by atoms with van der Waals surface area (Å²) >= 11 is 6.08. The maximum atomic E-state index is 11.0. The van der Waals surface area contributed by atoms with Gasteiger partial charge in [-0.25, -0.2) is 0 Å². The SMILES string of the molecule is Cn1cnnc1CC1(O)CCCN(c2cc(Cl)ccc2C#N)C1. The van der Waals surface area contributed by atoms with Crippen LogP contribution in [0, 0.1) is 11.3 Å². The normalized spacial score (nSPS) is 21.2. The number of rotatable bonds is 3. The molecule has 1 fully saturated rings. The number of β-amino-alcohol motifs (C(OH)–C–C–N with tert-alkyl or cyclic N) is 1. The standard InChI is InChI=1S/C16H18ClN5O/c1-21-11-19-20-15(21)8-16(23)5-2-6-22(10-16)14-7-13(17)4-3-12(14)9-18/h3-4,7,11,23H,2,5-6,8,10H2,1H3. The highest BCUT2D eigenvalue weighted by Gasteiger charge is 2.35. The van der Waals surface area contributed by atoms with E-state index in [-0.39, 0.29) is 0 Å². The number of aliphatic hydroxyl groups is 1. The zero-order valence-electron chi connectivity index (χ0n) is 12.9. The van der Waals surface area contributed by atoms with Gasteiger partial charge in [0.25, 0.3) is 0 Å². The van der Waals surface area contributed by atoms with Crippen molar-refractivity contribution < 1.29 is 5.11 Å². The molecule has 23 heavy (non-hydrogen) atoms. The molecule has 0 saturated carbocycles. The molecule has 1 atom stereocenters. The Kier molecular flexibility index (Phi) is 4.24. The lowest BCUT2D eigenvalue weighted by molar-refractivity contribution is 0.0238. The number of halogens is 1. The number of hydrogen-bond donors (Lipinski definition) is 1. The van der Waals surface area contributed by atoms with Crippen LogP contribution >= 0.6 is 11.6 Å². The number of nitrogens with zero attached hydrogens (tertiary/aromatic N) is 5. The second-order valence-corrected chi connectivity index (χ2v) is 6.49. The summed E-state index contributed by atoms with van der Waals surface area (Å²) in [6, 6.07) is 7.40. The van der Waals surface area contributed by atoms with Crippen molar-refractivity contribution in [1.82, 2.24) is 14.8 Å². The minimum Gasteiger partial charge on any atom is -0.388 e. The molecular formula is C16H18ClN5O. The van der Waals surface area contributed by atoms with E-state index >= 15 is 0 Å². The van der Waals surface area contributed by atoms with Crippen LogP contribution in [0.15, 0.2) is 24.5 Å². The molecule has 3 rings (SSSR count). The van der Waals surface area contributed by atoms with Crippen LogP contribution in [0.2, 0.25) is 5.02 Å². The maximum absolute atomic E-state index is 11.0. The first-order valence-corrected chi connectivity index (χ1v) is 7.88. The Hall–Kier alpha value is -2.10. The highest BCUT2D eigenvalue weighted by molar-refractivity contribution is 6.30. The van der Waals surface area contributed by atoms with Crippen LogP contribution in [-0.4, -0.2) is 38.6 Å². The zero-order valence-corrected chi connectivity index (χ0v) is 13.7. The summed E-state index contributed by atoms with van der Waals surface area (Å²) in [6.45, 7) is 1.23. The molecule has 1 saturated heterocycles. The van der Waals surface area contributed by atoms with Gasteiger partial charge in [-0.15, -0.1) is 10.2 Å². The Morgan fingerprint density at radius 3 is 3.00 bits per heavy atom. The molecule has 0 radical (unpaired) electrons. The molecule has 0 spiro atoms. The maximum Gasteiger partial charge on any atom is 0.135 e. The van der Waals surface area contributed by atoms with Crippen LogP contribution in [0.3, 0.4) is 0 Å². The van der Waals surface area contributed by atoms with E-state index in [0.29, 0.717) is 30.0 Å². The molecule has 1 aliphatic heterocycles. The third-order valence-electron chi connectivity index (χ3n) is 4.27. The largest absolute Gasteiger partial charge is 0.388 e. The van der Waals surface area contributed by atoms with Crippen LogP contribution in [0.25, 0.3) is 0 Å². The van der Waals surface area contributed by atoms with Crippen LogP contribution in [-0.2, 0) is 13.5 Å². The number of aromatic nitrogens is 3. The first kappa shape index (κ1) is 15.8. The molecule has 7 heteroatoms. The summed E-state index contributed by atoms with van der Waals surface area (Å²) < 4.78 is 1.82. The molecule has 2 heterocycles. The van der Waals surface area contributed by atoms with Gasteiger partial charge in [0.15, 0.2) is 0 Å². The minimum atomic E-state index is -0.895. The van der Waals surface area contributed by atoms with Crippen LogP contribution in [0.5, 0.6) is 0 Å². The molecule has 0 amide bonds. The number of piperidine rings is 1. The second kappa shape index (κ2) is 6.19. The number of nitriles is 1. The van der Waals surface area contributed by atoms with Gasteiger partial charge in [0.05, 0.1) is 16.9 Å². The van der Waals surface area contributed by atoms with Gasteiger partial charge in [-0.05, 0) is 31.0 Å². The summed E-state index contributed by atoms with van der Waals surface area (Å²) in [6.07, 6.45) is 3.59. The third-order valence-corrected chi connectivity index (χ3v) is 4.50. The monoisotopic (exact) mass is 331 g/mol. The van der Waals surface area contributed by atoms with E-state index < -0.39 is 5.60 Å². The lowest BCUT2D eigenvalue weighted by Crippen LogP contribution is -2.50. The van der Waals surface area contributed by atoms with E-state index in [1.807, 2.05) is 16.5 Å². The molecule has 0 aliphatic carbocycles. The van der Waals surface area contributed by atoms with E-state index in [0.717, 1.165) is 24.5 Å². The van der Waals surface area contributed by atoms with Crippen LogP contribution < -0.4 is 4.90 Å². The van der Waals surface area contributed by atoms with Gasteiger partial charge in [0, 0.05) is 31.6 Å². The van der Waals surface area contributed by atoms with Gasteiger partial charge in [0.2, 0.25) is 0 Å². The van der Waals surface area contributed by atoms with E-state index in [2.05, 4.69) is 16.3 Å². The van der Waals surface area contributed by atoms with E-state index in [1.54, 1.807) is 24.5 Å². The summed E-state index contributed by atoms with van der Waals surface area (Å²) in [5, 5.41) is 28.8. The van der Waals surface area contributed by atoms with Gasteiger partial charge < -0.3 is 14.6 Å². The van der Waals surface area contributed by atoms with Gasteiger partial charge in [-0.1, -0.05) is 11.6 Å². The Balaban J connectivity index is 1.85. The molecule has 6 nitrogen and oxygen atoms in total. The Morgan fingerprint density at radius 2 is 2.30 bits per heavy atom.